The van der Waals surface area contributed by atoms with E-state index in [9.17, 15) is 4.79 Å². The van der Waals surface area contributed by atoms with Gasteiger partial charge in [0.25, 0.3) is 5.56 Å². The van der Waals surface area contributed by atoms with E-state index in [1.807, 2.05) is 50.2 Å². The summed E-state index contributed by atoms with van der Waals surface area (Å²) in [5, 5.41) is 5.24. The van der Waals surface area contributed by atoms with Crippen LogP contribution in [-0.4, -0.2) is 19.6 Å². The highest BCUT2D eigenvalue weighted by molar-refractivity contribution is 5.82. The van der Waals surface area contributed by atoms with Crippen LogP contribution in [0.15, 0.2) is 47.4 Å². The van der Waals surface area contributed by atoms with Crippen molar-refractivity contribution < 1.29 is 0 Å². The van der Waals surface area contributed by atoms with Gasteiger partial charge in [0.15, 0.2) is 5.65 Å². The Morgan fingerprint density at radius 2 is 1.91 bits per heavy atom. The number of aromatic amines is 1. The molecule has 0 aliphatic carbocycles. The summed E-state index contributed by atoms with van der Waals surface area (Å²) in [5.41, 5.74) is 4.78. The molecule has 0 atom stereocenters. The van der Waals surface area contributed by atoms with E-state index in [4.69, 9.17) is 0 Å². The summed E-state index contributed by atoms with van der Waals surface area (Å²) in [5.74, 6) is 0. The molecule has 0 amide bonds. The van der Waals surface area contributed by atoms with Crippen molar-refractivity contribution in [2.45, 2.75) is 13.8 Å². The topological polar surface area (TPSA) is 63.0 Å². The van der Waals surface area contributed by atoms with Gasteiger partial charge in [0, 0.05) is 23.2 Å². The fourth-order valence-electron chi connectivity index (χ4n) is 2.76. The largest absolute Gasteiger partial charge is 0.306 e. The molecule has 0 spiro atoms. The second-order valence-corrected chi connectivity index (χ2v) is 5.44. The summed E-state index contributed by atoms with van der Waals surface area (Å²) in [6, 6.07) is 11.6. The summed E-state index contributed by atoms with van der Waals surface area (Å²) in [4.78, 5) is 19.9. The molecule has 5 nitrogen and oxygen atoms in total. The van der Waals surface area contributed by atoms with Gasteiger partial charge in [-0.3, -0.25) is 4.79 Å². The highest BCUT2D eigenvalue weighted by Crippen LogP contribution is 2.22. The molecule has 5 heteroatoms. The van der Waals surface area contributed by atoms with Crippen LogP contribution in [-0.2, 0) is 0 Å². The molecule has 0 saturated heterocycles. The number of nitrogens with zero attached hydrogens (tertiary/aromatic N) is 3. The molecular weight excluding hydrogens is 276 g/mol. The zero-order chi connectivity index (χ0) is 15.3. The number of rotatable bonds is 1. The van der Waals surface area contributed by atoms with E-state index < -0.39 is 0 Å². The fourth-order valence-corrected chi connectivity index (χ4v) is 2.76. The average Bonchev–Trinajstić information content (AvgIpc) is 2.88. The van der Waals surface area contributed by atoms with Gasteiger partial charge in [-0.1, -0.05) is 24.3 Å². The van der Waals surface area contributed by atoms with Crippen molar-refractivity contribution in [1.82, 2.24) is 19.6 Å². The Morgan fingerprint density at radius 1 is 1.09 bits per heavy atom. The van der Waals surface area contributed by atoms with Gasteiger partial charge in [0.1, 0.15) is 5.65 Å². The number of fused-ring (bicyclic) bond motifs is 3. The zero-order valence-corrected chi connectivity index (χ0v) is 12.3. The highest BCUT2D eigenvalue weighted by Gasteiger charge is 2.11. The number of aromatic nitrogens is 4. The second-order valence-electron chi connectivity index (χ2n) is 5.44. The Kier molecular flexibility index (Phi) is 2.63. The third-order valence-electron chi connectivity index (χ3n) is 3.85. The quantitative estimate of drug-likeness (QED) is 0.586. The second kappa shape index (κ2) is 4.53. The molecule has 108 valence electrons. The molecule has 0 saturated carbocycles. The highest BCUT2D eigenvalue weighted by atomic mass is 16.1. The predicted octanol–water partition coefficient (Wildman–Crippen LogP) is 2.85. The summed E-state index contributed by atoms with van der Waals surface area (Å²) >= 11 is 0. The van der Waals surface area contributed by atoms with Crippen LogP contribution in [0, 0.1) is 13.8 Å². The number of benzene rings is 1. The maximum absolute atomic E-state index is 12.5. The number of hydrogen-bond acceptors (Lipinski definition) is 3. The molecule has 4 rings (SSSR count). The van der Waals surface area contributed by atoms with E-state index in [0.29, 0.717) is 11.2 Å². The van der Waals surface area contributed by atoms with Gasteiger partial charge in [0.05, 0.1) is 5.69 Å². The molecular formula is C17H14N4O. The van der Waals surface area contributed by atoms with Crippen LogP contribution in [0.25, 0.3) is 27.8 Å². The van der Waals surface area contributed by atoms with Crippen molar-refractivity contribution in [3.05, 3.63) is 64.2 Å². The van der Waals surface area contributed by atoms with Crippen molar-refractivity contribution in [1.29, 1.82) is 0 Å². The molecule has 0 unspecified atom stereocenters. The van der Waals surface area contributed by atoms with Crippen LogP contribution in [0.2, 0.25) is 0 Å². The van der Waals surface area contributed by atoms with Gasteiger partial charge in [0.2, 0.25) is 0 Å². The Bertz CT molecular complexity index is 1080. The van der Waals surface area contributed by atoms with E-state index in [2.05, 4.69) is 15.1 Å². The van der Waals surface area contributed by atoms with Gasteiger partial charge in [-0.25, -0.2) is 4.98 Å². The van der Waals surface area contributed by atoms with E-state index in [1.165, 1.54) is 0 Å². The van der Waals surface area contributed by atoms with E-state index in [-0.39, 0.29) is 5.56 Å². The molecule has 3 heterocycles. The van der Waals surface area contributed by atoms with Crippen LogP contribution < -0.4 is 5.56 Å². The smallest absolute Gasteiger partial charge is 0.257 e. The lowest BCUT2D eigenvalue weighted by Crippen LogP contribution is -2.11. The van der Waals surface area contributed by atoms with Gasteiger partial charge >= 0.3 is 0 Å². The molecule has 1 aromatic carbocycles. The summed E-state index contributed by atoms with van der Waals surface area (Å²) in [6.07, 6.45) is 1.77. The first-order valence-corrected chi connectivity index (χ1v) is 7.08. The minimum absolute atomic E-state index is 0.123. The lowest BCUT2D eigenvalue weighted by Gasteiger charge is -2.07. The molecule has 0 fully saturated rings. The van der Waals surface area contributed by atoms with Crippen molar-refractivity contribution in [2.75, 3.05) is 0 Å². The minimum Gasteiger partial charge on any atom is -0.306 e. The van der Waals surface area contributed by atoms with E-state index in [0.717, 1.165) is 27.9 Å². The lowest BCUT2D eigenvalue weighted by molar-refractivity contribution is 0.936. The Labute approximate surface area is 126 Å². The molecule has 22 heavy (non-hydrogen) atoms. The van der Waals surface area contributed by atoms with Crippen LogP contribution in [0.1, 0.15) is 11.3 Å². The van der Waals surface area contributed by atoms with Gasteiger partial charge < -0.3 is 4.98 Å². The SMILES string of the molecule is Cc1cc2ncc3cc(-c4ccccc4C)c(=O)[nH]c3n2n1. The first-order chi connectivity index (χ1) is 10.6. The number of pyridine rings is 1. The molecule has 0 aliphatic heterocycles. The zero-order valence-electron chi connectivity index (χ0n) is 12.3. The van der Waals surface area contributed by atoms with Crippen LogP contribution in [0.3, 0.4) is 0 Å². The number of H-pyrrole nitrogens is 1. The molecule has 4 aromatic rings. The van der Waals surface area contributed by atoms with Crippen LogP contribution in [0.4, 0.5) is 0 Å². The first kappa shape index (κ1) is 12.8. The molecule has 3 aromatic heterocycles. The average molecular weight is 290 g/mol. The van der Waals surface area contributed by atoms with Crippen molar-refractivity contribution in [3.8, 4) is 11.1 Å². The van der Waals surface area contributed by atoms with Crippen LogP contribution in [0.5, 0.6) is 0 Å². The third kappa shape index (κ3) is 1.83. The monoisotopic (exact) mass is 290 g/mol. The van der Waals surface area contributed by atoms with E-state index in [1.54, 1.807) is 10.7 Å². The molecule has 0 radical (unpaired) electrons. The van der Waals surface area contributed by atoms with Crippen LogP contribution >= 0.6 is 0 Å². The van der Waals surface area contributed by atoms with Crippen molar-refractivity contribution >= 4 is 16.7 Å². The van der Waals surface area contributed by atoms with E-state index >= 15 is 0 Å². The predicted molar refractivity (Wildman–Crippen MR) is 86.0 cm³/mol. The summed E-state index contributed by atoms with van der Waals surface area (Å²) < 4.78 is 1.67. The lowest BCUT2D eigenvalue weighted by atomic mass is 10.0. The molecule has 1 N–H and O–H groups in total. The first-order valence-electron chi connectivity index (χ1n) is 7.08. The normalized spacial score (nSPS) is 11.4. The Balaban J connectivity index is 2.07. The summed E-state index contributed by atoms with van der Waals surface area (Å²) in [6.45, 7) is 3.90. The minimum atomic E-state index is -0.123. The molecule has 0 aliphatic rings. The summed E-state index contributed by atoms with van der Waals surface area (Å²) in [7, 11) is 0. The Hall–Kier alpha value is -2.95. The van der Waals surface area contributed by atoms with Gasteiger partial charge in [-0.15, -0.1) is 0 Å². The third-order valence-corrected chi connectivity index (χ3v) is 3.85. The van der Waals surface area contributed by atoms with Crippen molar-refractivity contribution in [3.63, 3.8) is 0 Å². The maximum atomic E-state index is 12.5. The van der Waals surface area contributed by atoms with Gasteiger partial charge in [-0.05, 0) is 31.0 Å². The van der Waals surface area contributed by atoms with Crippen molar-refractivity contribution in [2.24, 2.45) is 0 Å². The fraction of sp³-hybridized carbons (Fsp3) is 0.118. The standard InChI is InChI=1S/C17H14N4O/c1-10-5-3-4-6-13(10)14-8-12-9-18-15-7-11(2)20-21(15)16(12)19-17(14)22/h3-9H,1-2H3,(H,19,22). The number of aryl methyl sites for hydroxylation is 2. The number of nitrogens with one attached hydrogen (secondary N) is 1. The maximum Gasteiger partial charge on any atom is 0.257 e. The van der Waals surface area contributed by atoms with Gasteiger partial charge in [-0.2, -0.15) is 9.61 Å². The molecule has 0 bridgehead atoms. The number of hydrogen-bond donors (Lipinski definition) is 1. The Morgan fingerprint density at radius 3 is 2.73 bits per heavy atom.